The van der Waals surface area contributed by atoms with Crippen molar-refractivity contribution in [1.82, 2.24) is 15.1 Å². The van der Waals surface area contributed by atoms with Crippen LogP contribution < -0.4 is 20.7 Å². The second-order valence-corrected chi connectivity index (χ2v) is 8.54. The lowest BCUT2D eigenvalue weighted by Crippen LogP contribution is -2.21. The lowest BCUT2D eigenvalue weighted by atomic mass is 10.2. The zero-order valence-electron chi connectivity index (χ0n) is 20.9. The van der Waals surface area contributed by atoms with E-state index in [0.717, 1.165) is 0 Å². The van der Waals surface area contributed by atoms with Crippen molar-refractivity contribution in [3.8, 4) is 28.6 Å². The van der Waals surface area contributed by atoms with Gasteiger partial charge in [0.2, 0.25) is 11.7 Å². The van der Waals surface area contributed by atoms with Gasteiger partial charge in [-0.05, 0) is 84.9 Å². The number of benzene rings is 3. The Labute approximate surface area is 230 Å². The van der Waals surface area contributed by atoms with Crippen LogP contribution in [0.1, 0.15) is 0 Å². The standard InChI is InChI=1S/C28H20F4N6O3/c29-19-3-7-20(8-4-19)34-16-25(39)36-22-5-1-17(2-6-22)27-37-26(38-41-27)18-13-14-33-24(15-18)35-21-9-11-23(12-10-21)40-28(30,31)32/h1-15,34H,16H2,(H,33,35)(H,36,39). The van der Waals surface area contributed by atoms with E-state index in [1.165, 1.54) is 54.7 Å². The van der Waals surface area contributed by atoms with Crippen LogP contribution in [0.15, 0.2) is 95.6 Å². The van der Waals surface area contributed by atoms with Gasteiger partial charge < -0.3 is 25.2 Å². The Kier molecular flexibility index (Phi) is 7.76. The fourth-order valence-corrected chi connectivity index (χ4v) is 3.64. The highest BCUT2D eigenvalue weighted by Crippen LogP contribution is 2.27. The van der Waals surface area contributed by atoms with E-state index in [1.54, 1.807) is 36.4 Å². The lowest BCUT2D eigenvalue weighted by Gasteiger charge is -2.10. The molecule has 0 fully saturated rings. The van der Waals surface area contributed by atoms with Crippen LogP contribution in [0, 0.1) is 5.82 Å². The summed E-state index contributed by atoms with van der Waals surface area (Å²) in [4.78, 5) is 20.9. The zero-order valence-corrected chi connectivity index (χ0v) is 20.9. The third-order valence-corrected chi connectivity index (χ3v) is 5.52. The number of rotatable bonds is 9. The van der Waals surface area contributed by atoms with Crippen molar-refractivity contribution >= 4 is 28.8 Å². The second-order valence-electron chi connectivity index (χ2n) is 8.54. The van der Waals surface area contributed by atoms with Gasteiger partial charge in [-0.3, -0.25) is 4.79 Å². The summed E-state index contributed by atoms with van der Waals surface area (Å²) in [6.07, 6.45) is -3.24. The van der Waals surface area contributed by atoms with E-state index >= 15 is 0 Å². The van der Waals surface area contributed by atoms with Crippen molar-refractivity contribution < 1.29 is 31.6 Å². The smallest absolute Gasteiger partial charge is 0.406 e. The Hall–Kier alpha value is -5.46. The third-order valence-electron chi connectivity index (χ3n) is 5.52. The van der Waals surface area contributed by atoms with Gasteiger partial charge in [-0.1, -0.05) is 5.16 Å². The molecule has 2 aromatic heterocycles. The fraction of sp³-hybridized carbons (Fsp3) is 0.0714. The molecule has 1 amide bonds. The van der Waals surface area contributed by atoms with Crippen LogP contribution in [0.3, 0.4) is 0 Å². The minimum atomic E-state index is -4.77. The van der Waals surface area contributed by atoms with Crippen LogP contribution in [0.2, 0.25) is 0 Å². The average molecular weight is 564 g/mol. The van der Waals surface area contributed by atoms with Crippen molar-refractivity contribution in [1.29, 1.82) is 0 Å². The van der Waals surface area contributed by atoms with Crippen molar-refractivity contribution in [2.45, 2.75) is 6.36 Å². The Morgan fingerprint density at radius 1 is 0.854 bits per heavy atom. The number of amides is 1. The highest BCUT2D eigenvalue weighted by atomic mass is 19.4. The number of ether oxygens (including phenoxy) is 1. The van der Waals surface area contributed by atoms with E-state index < -0.39 is 6.36 Å². The van der Waals surface area contributed by atoms with Gasteiger partial charge in [0.05, 0.1) is 6.54 Å². The summed E-state index contributed by atoms with van der Waals surface area (Å²) in [5, 5.41) is 12.7. The van der Waals surface area contributed by atoms with Gasteiger partial charge in [0.1, 0.15) is 17.4 Å². The number of carbonyl (C=O) groups excluding carboxylic acids is 1. The van der Waals surface area contributed by atoms with Gasteiger partial charge in [-0.2, -0.15) is 4.98 Å². The molecule has 3 aromatic carbocycles. The molecular formula is C28H20F4N6O3. The van der Waals surface area contributed by atoms with E-state index in [0.29, 0.717) is 39.8 Å². The molecule has 41 heavy (non-hydrogen) atoms. The van der Waals surface area contributed by atoms with Crippen LogP contribution in [0.4, 0.5) is 40.4 Å². The average Bonchev–Trinajstić information content (AvgIpc) is 3.44. The van der Waals surface area contributed by atoms with Gasteiger partial charge in [0.25, 0.3) is 5.89 Å². The minimum Gasteiger partial charge on any atom is -0.406 e. The topological polar surface area (TPSA) is 114 Å². The van der Waals surface area contributed by atoms with Crippen molar-refractivity contribution in [2.75, 3.05) is 22.5 Å². The molecule has 0 atom stereocenters. The fourth-order valence-electron chi connectivity index (χ4n) is 3.64. The van der Waals surface area contributed by atoms with Gasteiger partial charge in [-0.15, -0.1) is 13.2 Å². The lowest BCUT2D eigenvalue weighted by molar-refractivity contribution is -0.274. The number of pyridine rings is 1. The predicted octanol–water partition coefficient (Wildman–Crippen LogP) is 6.63. The molecule has 208 valence electrons. The molecule has 3 N–H and O–H groups in total. The summed E-state index contributed by atoms with van der Waals surface area (Å²) in [6, 6.07) is 21.1. The maximum Gasteiger partial charge on any atom is 0.573 e. The molecule has 5 rings (SSSR count). The minimum absolute atomic E-state index is 0.000957. The number of anilines is 4. The Morgan fingerprint density at radius 2 is 1.54 bits per heavy atom. The van der Waals surface area contributed by atoms with E-state index in [9.17, 15) is 22.4 Å². The highest BCUT2D eigenvalue weighted by molar-refractivity contribution is 5.93. The molecule has 0 aliphatic heterocycles. The normalized spacial score (nSPS) is 11.1. The molecule has 5 aromatic rings. The first kappa shape index (κ1) is 27.1. The zero-order chi connectivity index (χ0) is 28.8. The van der Waals surface area contributed by atoms with Gasteiger partial charge >= 0.3 is 6.36 Å². The van der Waals surface area contributed by atoms with Crippen molar-refractivity contribution in [3.63, 3.8) is 0 Å². The van der Waals surface area contributed by atoms with Gasteiger partial charge in [0.15, 0.2) is 0 Å². The molecule has 0 saturated carbocycles. The molecule has 0 spiro atoms. The molecule has 9 nitrogen and oxygen atoms in total. The number of hydrogen-bond donors (Lipinski definition) is 3. The van der Waals surface area contributed by atoms with Crippen molar-refractivity contribution in [3.05, 3.63) is 96.9 Å². The summed E-state index contributed by atoms with van der Waals surface area (Å²) < 4.78 is 59.3. The molecule has 13 heteroatoms. The number of carbonyl (C=O) groups is 1. The van der Waals surface area contributed by atoms with E-state index in [2.05, 4.69) is 35.8 Å². The van der Waals surface area contributed by atoms with Crippen LogP contribution in [-0.4, -0.2) is 33.9 Å². The number of alkyl halides is 3. The third kappa shape index (κ3) is 7.56. The van der Waals surface area contributed by atoms with E-state index in [4.69, 9.17) is 4.52 Å². The summed E-state index contributed by atoms with van der Waals surface area (Å²) in [6.45, 7) is 0.000957. The quantitative estimate of drug-likeness (QED) is 0.171. The van der Waals surface area contributed by atoms with Gasteiger partial charge in [0, 0.05) is 34.4 Å². The molecule has 0 aliphatic carbocycles. The summed E-state index contributed by atoms with van der Waals surface area (Å²) in [5.41, 5.74) is 2.89. The SMILES string of the molecule is O=C(CNc1ccc(F)cc1)Nc1ccc(-c2nc(-c3ccnc(Nc4ccc(OC(F)(F)F)cc4)c3)no2)cc1. The molecule has 0 unspecified atom stereocenters. The first-order valence-electron chi connectivity index (χ1n) is 12.0. The Balaban J connectivity index is 1.19. The van der Waals surface area contributed by atoms with Crippen LogP contribution in [-0.2, 0) is 4.79 Å². The number of nitrogens with zero attached hydrogens (tertiary/aromatic N) is 3. The van der Waals surface area contributed by atoms with Gasteiger partial charge in [-0.25, -0.2) is 9.37 Å². The molecule has 0 radical (unpaired) electrons. The summed E-state index contributed by atoms with van der Waals surface area (Å²) >= 11 is 0. The second kappa shape index (κ2) is 11.7. The largest absolute Gasteiger partial charge is 0.573 e. The first-order valence-corrected chi connectivity index (χ1v) is 12.0. The number of nitrogens with one attached hydrogen (secondary N) is 3. The van der Waals surface area contributed by atoms with Crippen LogP contribution in [0.25, 0.3) is 22.8 Å². The highest BCUT2D eigenvalue weighted by Gasteiger charge is 2.31. The molecule has 0 saturated heterocycles. The van der Waals surface area contributed by atoms with E-state index in [1.807, 2.05) is 0 Å². The monoisotopic (exact) mass is 564 g/mol. The maximum absolute atomic E-state index is 13.0. The number of hydrogen-bond acceptors (Lipinski definition) is 8. The summed E-state index contributed by atoms with van der Waals surface area (Å²) in [5.74, 6) is -0.0201. The van der Waals surface area contributed by atoms with E-state index in [-0.39, 0.29) is 29.9 Å². The molecule has 2 heterocycles. The molecule has 0 aliphatic rings. The first-order chi connectivity index (χ1) is 19.7. The molecule has 0 bridgehead atoms. The van der Waals surface area contributed by atoms with Crippen LogP contribution >= 0.6 is 0 Å². The number of aromatic nitrogens is 3. The Bertz CT molecular complexity index is 1620. The predicted molar refractivity (Wildman–Crippen MR) is 143 cm³/mol. The van der Waals surface area contributed by atoms with Crippen LogP contribution in [0.5, 0.6) is 5.75 Å². The maximum atomic E-state index is 13.0. The summed E-state index contributed by atoms with van der Waals surface area (Å²) in [7, 11) is 0. The Morgan fingerprint density at radius 3 is 2.24 bits per heavy atom. The molecular weight excluding hydrogens is 544 g/mol. The van der Waals surface area contributed by atoms with Crippen molar-refractivity contribution in [2.24, 2.45) is 0 Å². The number of halogens is 4.